The van der Waals surface area contributed by atoms with Crippen molar-refractivity contribution in [3.05, 3.63) is 29.8 Å². The van der Waals surface area contributed by atoms with Crippen LogP contribution in [0.3, 0.4) is 0 Å². The Morgan fingerprint density at radius 3 is 2.71 bits per heavy atom. The van der Waals surface area contributed by atoms with Crippen molar-refractivity contribution in [3.8, 4) is 0 Å². The van der Waals surface area contributed by atoms with Crippen LogP contribution in [-0.4, -0.2) is 43.7 Å². The third kappa shape index (κ3) is 3.43. The van der Waals surface area contributed by atoms with Gasteiger partial charge in [-0.2, -0.15) is 4.99 Å². The van der Waals surface area contributed by atoms with Gasteiger partial charge < -0.3 is 15.2 Å². The minimum absolute atomic E-state index is 0.0380. The highest BCUT2D eigenvalue weighted by Gasteiger charge is 2.31. The number of amides is 2. The van der Waals surface area contributed by atoms with Crippen molar-refractivity contribution in [2.24, 2.45) is 10.7 Å². The zero-order valence-electron chi connectivity index (χ0n) is 11.3. The van der Waals surface area contributed by atoms with Crippen LogP contribution in [0.15, 0.2) is 29.3 Å². The number of halogens is 1. The van der Waals surface area contributed by atoms with E-state index < -0.39 is 12.2 Å². The Morgan fingerprint density at radius 1 is 1.52 bits per heavy atom. The standard InChI is InChI=1S/C13H14ClN3O4/c1-20-12(18)16-11(15)8-2-4-9(5-3-8)17-7-10(6-14)21-13(17)19/h2-5,10H,6-7H2,1H3,(H2,15,16,18). The predicted octanol–water partition coefficient (Wildman–Crippen LogP) is 1.72. The van der Waals surface area contributed by atoms with Gasteiger partial charge in [-0.3, -0.25) is 4.90 Å². The van der Waals surface area contributed by atoms with Gasteiger partial charge in [0.1, 0.15) is 11.9 Å². The number of methoxy groups -OCH3 is 1. The number of amidine groups is 1. The lowest BCUT2D eigenvalue weighted by atomic mass is 10.2. The van der Waals surface area contributed by atoms with E-state index in [0.29, 0.717) is 17.8 Å². The minimum atomic E-state index is -0.773. The largest absolute Gasteiger partial charge is 0.451 e. The number of carbonyl (C=O) groups is 2. The maximum absolute atomic E-state index is 11.7. The highest BCUT2D eigenvalue weighted by atomic mass is 35.5. The van der Waals surface area contributed by atoms with Crippen LogP contribution in [0.2, 0.25) is 0 Å². The molecule has 0 saturated carbocycles. The van der Waals surface area contributed by atoms with Crippen LogP contribution in [0, 0.1) is 0 Å². The first-order valence-corrected chi connectivity index (χ1v) is 6.65. The molecule has 2 amide bonds. The van der Waals surface area contributed by atoms with Gasteiger partial charge in [0.15, 0.2) is 0 Å². The van der Waals surface area contributed by atoms with Crippen molar-refractivity contribution < 1.29 is 19.1 Å². The lowest BCUT2D eigenvalue weighted by molar-refractivity contribution is 0.151. The number of hydrogen-bond donors (Lipinski definition) is 1. The molecule has 0 bridgehead atoms. The number of nitrogens with two attached hydrogens (primary N) is 1. The third-order valence-electron chi connectivity index (χ3n) is 2.91. The fourth-order valence-corrected chi connectivity index (χ4v) is 1.99. The van der Waals surface area contributed by atoms with Crippen LogP contribution in [0.4, 0.5) is 15.3 Å². The number of cyclic esters (lactones) is 1. The Morgan fingerprint density at radius 2 is 2.19 bits per heavy atom. The Hall–Kier alpha value is -2.28. The number of anilines is 1. The van der Waals surface area contributed by atoms with Gasteiger partial charge in [-0.1, -0.05) is 0 Å². The first-order valence-electron chi connectivity index (χ1n) is 6.11. The molecule has 1 aliphatic heterocycles. The van der Waals surface area contributed by atoms with Gasteiger partial charge in [0.25, 0.3) is 0 Å². The summed E-state index contributed by atoms with van der Waals surface area (Å²) in [5.41, 5.74) is 6.87. The number of carbonyl (C=O) groups excluding carboxylic acids is 2. The Labute approximate surface area is 126 Å². The van der Waals surface area contributed by atoms with Crippen LogP contribution in [0.5, 0.6) is 0 Å². The van der Waals surface area contributed by atoms with E-state index in [1.54, 1.807) is 24.3 Å². The SMILES string of the molecule is COC(=O)N=C(N)c1ccc(N2CC(CCl)OC2=O)cc1. The van der Waals surface area contributed by atoms with Gasteiger partial charge in [0.2, 0.25) is 0 Å². The summed E-state index contributed by atoms with van der Waals surface area (Å²) in [5, 5.41) is 0. The predicted molar refractivity (Wildman–Crippen MR) is 77.9 cm³/mol. The fraction of sp³-hybridized carbons (Fsp3) is 0.308. The van der Waals surface area contributed by atoms with E-state index in [-0.39, 0.29) is 17.8 Å². The molecule has 7 nitrogen and oxygen atoms in total. The van der Waals surface area contributed by atoms with Crippen molar-refractivity contribution in [1.82, 2.24) is 0 Å². The van der Waals surface area contributed by atoms with Gasteiger partial charge in [-0.05, 0) is 24.3 Å². The number of benzene rings is 1. The molecule has 1 aliphatic rings. The van der Waals surface area contributed by atoms with Gasteiger partial charge in [-0.15, -0.1) is 11.6 Å². The van der Waals surface area contributed by atoms with Gasteiger partial charge in [0, 0.05) is 11.3 Å². The quantitative estimate of drug-likeness (QED) is 0.521. The molecular weight excluding hydrogens is 298 g/mol. The summed E-state index contributed by atoms with van der Waals surface area (Å²) in [4.78, 5) is 27.7. The van der Waals surface area contributed by atoms with Crippen LogP contribution >= 0.6 is 11.6 Å². The molecule has 2 N–H and O–H groups in total. The maximum atomic E-state index is 11.7. The topological polar surface area (TPSA) is 94.2 Å². The molecule has 2 rings (SSSR count). The molecular formula is C13H14ClN3O4. The molecule has 1 aromatic carbocycles. The lowest BCUT2D eigenvalue weighted by Crippen LogP contribution is -2.25. The summed E-state index contributed by atoms with van der Waals surface area (Å²) in [6.07, 6.45) is -1.53. The van der Waals surface area contributed by atoms with Crippen molar-refractivity contribution >= 4 is 35.3 Å². The molecule has 0 radical (unpaired) electrons. The van der Waals surface area contributed by atoms with Crippen LogP contribution in [0.25, 0.3) is 0 Å². The molecule has 0 aliphatic carbocycles. The fourth-order valence-electron chi connectivity index (χ4n) is 1.83. The van der Waals surface area contributed by atoms with Gasteiger partial charge in [-0.25, -0.2) is 9.59 Å². The van der Waals surface area contributed by atoms with Crippen LogP contribution in [0.1, 0.15) is 5.56 Å². The van der Waals surface area contributed by atoms with Crippen LogP contribution < -0.4 is 10.6 Å². The molecule has 112 valence electrons. The molecule has 21 heavy (non-hydrogen) atoms. The molecule has 8 heteroatoms. The molecule has 1 saturated heterocycles. The monoisotopic (exact) mass is 311 g/mol. The van der Waals surface area contributed by atoms with E-state index in [0.717, 1.165) is 0 Å². The Balaban J connectivity index is 2.14. The summed E-state index contributed by atoms with van der Waals surface area (Å²) in [5.74, 6) is 0.287. The van der Waals surface area contributed by atoms with E-state index in [4.69, 9.17) is 22.1 Å². The zero-order chi connectivity index (χ0) is 15.4. The summed E-state index contributed by atoms with van der Waals surface area (Å²) in [6.45, 7) is 0.396. The second kappa shape index (κ2) is 6.45. The maximum Gasteiger partial charge on any atom is 0.435 e. The van der Waals surface area contributed by atoms with E-state index in [1.807, 2.05) is 0 Å². The zero-order valence-corrected chi connectivity index (χ0v) is 12.0. The average Bonchev–Trinajstić information content (AvgIpc) is 2.88. The van der Waals surface area contributed by atoms with E-state index in [9.17, 15) is 9.59 Å². The molecule has 0 spiro atoms. The molecule has 1 atom stereocenters. The van der Waals surface area contributed by atoms with E-state index >= 15 is 0 Å². The number of aliphatic imine (C=N–C) groups is 1. The number of alkyl halides is 1. The van der Waals surface area contributed by atoms with Gasteiger partial charge in [0.05, 0.1) is 19.5 Å². The van der Waals surface area contributed by atoms with Crippen molar-refractivity contribution in [1.29, 1.82) is 0 Å². The molecule has 0 aromatic heterocycles. The van der Waals surface area contributed by atoms with Crippen molar-refractivity contribution in [2.75, 3.05) is 24.4 Å². The summed E-state index contributed by atoms with van der Waals surface area (Å²) in [6, 6.07) is 6.68. The molecule has 1 heterocycles. The second-order valence-electron chi connectivity index (χ2n) is 4.28. The van der Waals surface area contributed by atoms with Crippen molar-refractivity contribution in [3.63, 3.8) is 0 Å². The first-order chi connectivity index (χ1) is 10.0. The van der Waals surface area contributed by atoms with Crippen molar-refractivity contribution in [2.45, 2.75) is 6.10 Å². The number of ether oxygens (including phenoxy) is 2. The minimum Gasteiger partial charge on any atom is -0.451 e. The Bertz CT molecular complexity index is 573. The first kappa shape index (κ1) is 15.1. The van der Waals surface area contributed by atoms with Crippen LogP contribution in [-0.2, 0) is 9.47 Å². The second-order valence-corrected chi connectivity index (χ2v) is 4.59. The number of rotatable bonds is 3. The van der Waals surface area contributed by atoms with Gasteiger partial charge >= 0.3 is 12.2 Å². The average molecular weight is 312 g/mol. The summed E-state index contributed by atoms with van der Waals surface area (Å²) >= 11 is 5.67. The van der Waals surface area contributed by atoms with E-state index in [1.165, 1.54) is 12.0 Å². The molecule has 1 fully saturated rings. The normalized spacial score (nSPS) is 18.6. The molecule has 1 aromatic rings. The number of hydrogen-bond acceptors (Lipinski definition) is 4. The Kier molecular flexibility index (Phi) is 4.64. The summed E-state index contributed by atoms with van der Waals surface area (Å²) in [7, 11) is 1.22. The lowest BCUT2D eigenvalue weighted by Gasteiger charge is -2.13. The summed E-state index contributed by atoms with van der Waals surface area (Å²) < 4.78 is 9.47. The van der Waals surface area contributed by atoms with E-state index in [2.05, 4.69) is 9.73 Å². The number of nitrogens with zero attached hydrogens (tertiary/aromatic N) is 2. The highest BCUT2D eigenvalue weighted by Crippen LogP contribution is 2.22. The smallest absolute Gasteiger partial charge is 0.435 e. The molecule has 1 unspecified atom stereocenters. The highest BCUT2D eigenvalue weighted by molar-refractivity contribution is 6.18. The third-order valence-corrected chi connectivity index (χ3v) is 3.25.